The van der Waals surface area contributed by atoms with Crippen LogP contribution in [0.4, 0.5) is 0 Å². The Hall–Kier alpha value is -0.690. The summed E-state index contributed by atoms with van der Waals surface area (Å²) in [7, 11) is 1.72. The van der Waals surface area contributed by atoms with Gasteiger partial charge < -0.3 is 4.74 Å². The molecular weight excluding hydrogens is 268 g/mol. The summed E-state index contributed by atoms with van der Waals surface area (Å²) in [5.74, 6) is 2.25. The molecule has 3 atom stereocenters. The van der Waals surface area contributed by atoms with Crippen LogP contribution in [0.15, 0.2) is 18.2 Å². The smallest absolute Gasteiger partial charge is 0.119 e. The number of methoxy groups -OCH3 is 1. The predicted octanol–water partition coefficient (Wildman–Crippen LogP) is 5.32. The molecule has 0 aromatic heterocycles. The molecule has 112 valence electrons. The number of benzene rings is 1. The molecule has 0 bridgehead atoms. The minimum Gasteiger partial charge on any atom is -0.497 e. The molecule has 2 rings (SSSR count). The Morgan fingerprint density at radius 3 is 2.50 bits per heavy atom. The molecule has 0 amide bonds. The monoisotopic (exact) mass is 294 g/mol. The van der Waals surface area contributed by atoms with Crippen molar-refractivity contribution in [1.29, 1.82) is 0 Å². The zero-order valence-electron chi connectivity index (χ0n) is 13.4. The lowest BCUT2D eigenvalue weighted by molar-refractivity contribution is 0.207. The molecule has 0 N–H and O–H groups in total. The number of hydrogen-bond donors (Lipinski definition) is 0. The summed E-state index contributed by atoms with van der Waals surface area (Å²) in [6.45, 7) is 9.18. The Morgan fingerprint density at radius 1 is 1.25 bits per heavy atom. The fourth-order valence-electron chi connectivity index (χ4n) is 3.81. The van der Waals surface area contributed by atoms with E-state index in [0.29, 0.717) is 5.92 Å². The SMILES string of the molecule is COc1ccc(C(C)(C)C2CCC(C)CC2Cl)c(C)c1. The molecule has 1 aromatic carbocycles. The Kier molecular flexibility index (Phi) is 4.69. The summed E-state index contributed by atoms with van der Waals surface area (Å²) in [6, 6.07) is 6.42. The molecule has 0 spiro atoms. The molecule has 1 saturated carbocycles. The number of hydrogen-bond acceptors (Lipinski definition) is 1. The number of halogens is 1. The summed E-state index contributed by atoms with van der Waals surface area (Å²) in [4.78, 5) is 0. The van der Waals surface area contributed by atoms with Crippen LogP contribution in [0.2, 0.25) is 0 Å². The molecule has 0 aliphatic heterocycles. The summed E-state index contributed by atoms with van der Waals surface area (Å²) in [5, 5.41) is 0.287. The summed E-state index contributed by atoms with van der Waals surface area (Å²) < 4.78 is 5.32. The second kappa shape index (κ2) is 5.97. The fraction of sp³-hybridized carbons (Fsp3) is 0.667. The molecule has 0 radical (unpaired) electrons. The van der Waals surface area contributed by atoms with Crippen LogP contribution in [-0.4, -0.2) is 12.5 Å². The first kappa shape index (κ1) is 15.7. The van der Waals surface area contributed by atoms with Crippen molar-refractivity contribution in [1.82, 2.24) is 0 Å². The fourth-order valence-corrected chi connectivity index (χ4v) is 4.56. The highest BCUT2D eigenvalue weighted by molar-refractivity contribution is 6.20. The summed E-state index contributed by atoms with van der Waals surface area (Å²) in [5.41, 5.74) is 2.82. The second-order valence-corrected chi connectivity index (χ2v) is 7.50. The van der Waals surface area contributed by atoms with Gasteiger partial charge in [0.25, 0.3) is 0 Å². The zero-order chi connectivity index (χ0) is 14.9. The highest BCUT2D eigenvalue weighted by atomic mass is 35.5. The van der Waals surface area contributed by atoms with Crippen LogP contribution < -0.4 is 4.74 Å². The third-order valence-corrected chi connectivity index (χ3v) is 5.57. The first-order chi connectivity index (χ1) is 9.36. The van der Waals surface area contributed by atoms with Crippen molar-refractivity contribution < 1.29 is 4.74 Å². The molecular formula is C18H27ClO. The molecule has 1 aliphatic rings. The van der Waals surface area contributed by atoms with Gasteiger partial charge in [0.2, 0.25) is 0 Å². The van der Waals surface area contributed by atoms with E-state index in [0.717, 1.165) is 18.1 Å². The molecule has 1 aromatic rings. The van der Waals surface area contributed by atoms with Crippen LogP contribution in [0.1, 0.15) is 51.2 Å². The van der Waals surface area contributed by atoms with Crippen molar-refractivity contribution in [3.8, 4) is 5.75 Å². The second-order valence-electron chi connectivity index (χ2n) is 6.94. The van der Waals surface area contributed by atoms with Crippen molar-refractivity contribution >= 4 is 11.6 Å². The van der Waals surface area contributed by atoms with Crippen molar-refractivity contribution in [2.75, 3.05) is 7.11 Å². The van der Waals surface area contributed by atoms with E-state index in [-0.39, 0.29) is 10.8 Å². The van der Waals surface area contributed by atoms with Gasteiger partial charge in [-0.05, 0) is 60.3 Å². The van der Waals surface area contributed by atoms with Gasteiger partial charge in [-0.25, -0.2) is 0 Å². The van der Waals surface area contributed by atoms with E-state index in [1.165, 1.54) is 24.0 Å². The normalized spacial score (nSPS) is 27.4. The van der Waals surface area contributed by atoms with E-state index in [1.807, 2.05) is 0 Å². The van der Waals surface area contributed by atoms with Gasteiger partial charge >= 0.3 is 0 Å². The zero-order valence-corrected chi connectivity index (χ0v) is 14.1. The predicted molar refractivity (Wildman–Crippen MR) is 86.9 cm³/mol. The first-order valence-corrected chi connectivity index (χ1v) is 8.09. The van der Waals surface area contributed by atoms with Crippen LogP contribution in [0, 0.1) is 18.8 Å². The maximum Gasteiger partial charge on any atom is 0.119 e. The van der Waals surface area contributed by atoms with Crippen LogP contribution in [0.3, 0.4) is 0 Å². The van der Waals surface area contributed by atoms with E-state index in [1.54, 1.807) is 7.11 Å². The highest BCUT2D eigenvalue weighted by Gasteiger charge is 2.39. The van der Waals surface area contributed by atoms with Crippen molar-refractivity contribution in [3.05, 3.63) is 29.3 Å². The van der Waals surface area contributed by atoms with E-state index in [4.69, 9.17) is 16.3 Å². The average molecular weight is 295 g/mol. The van der Waals surface area contributed by atoms with Gasteiger partial charge in [-0.3, -0.25) is 0 Å². The van der Waals surface area contributed by atoms with Gasteiger partial charge in [-0.15, -0.1) is 11.6 Å². The van der Waals surface area contributed by atoms with Crippen molar-refractivity contribution in [2.45, 2.75) is 57.7 Å². The third-order valence-electron chi connectivity index (χ3n) is 5.09. The number of aryl methyl sites for hydroxylation is 1. The number of alkyl halides is 1. The van der Waals surface area contributed by atoms with E-state index >= 15 is 0 Å². The Bertz CT molecular complexity index is 466. The van der Waals surface area contributed by atoms with Gasteiger partial charge in [0.15, 0.2) is 0 Å². The van der Waals surface area contributed by atoms with Gasteiger partial charge in [-0.2, -0.15) is 0 Å². The topological polar surface area (TPSA) is 9.23 Å². The van der Waals surface area contributed by atoms with E-state index < -0.39 is 0 Å². The maximum absolute atomic E-state index is 6.70. The van der Waals surface area contributed by atoms with Crippen LogP contribution in [-0.2, 0) is 5.41 Å². The third kappa shape index (κ3) is 2.98. The maximum atomic E-state index is 6.70. The Balaban J connectivity index is 2.29. The Labute approximate surface area is 128 Å². The van der Waals surface area contributed by atoms with Crippen molar-refractivity contribution in [3.63, 3.8) is 0 Å². The summed E-state index contributed by atoms with van der Waals surface area (Å²) in [6.07, 6.45) is 3.67. The molecule has 0 heterocycles. The largest absolute Gasteiger partial charge is 0.497 e. The molecule has 1 nitrogen and oxygen atoms in total. The molecule has 3 unspecified atom stereocenters. The van der Waals surface area contributed by atoms with Gasteiger partial charge in [0.1, 0.15) is 5.75 Å². The molecule has 1 aliphatic carbocycles. The van der Waals surface area contributed by atoms with E-state index in [2.05, 4.69) is 45.9 Å². The van der Waals surface area contributed by atoms with Gasteiger partial charge in [0.05, 0.1) is 7.11 Å². The highest BCUT2D eigenvalue weighted by Crippen LogP contribution is 2.45. The van der Waals surface area contributed by atoms with Gasteiger partial charge in [-0.1, -0.05) is 33.3 Å². The van der Waals surface area contributed by atoms with Gasteiger partial charge in [0, 0.05) is 5.38 Å². The lowest BCUT2D eigenvalue weighted by atomic mass is 9.65. The Morgan fingerprint density at radius 2 is 1.95 bits per heavy atom. The van der Waals surface area contributed by atoms with E-state index in [9.17, 15) is 0 Å². The number of rotatable bonds is 3. The minimum atomic E-state index is 0.114. The standard InChI is InChI=1S/C18H27ClO/c1-12-6-8-16(17(19)10-12)18(3,4)15-9-7-14(20-5)11-13(15)2/h7,9,11-12,16-17H,6,8,10H2,1-5H3. The lowest BCUT2D eigenvalue weighted by Gasteiger charge is -2.43. The molecule has 2 heteroatoms. The van der Waals surface area contributed by atoms with Crippen LogP contribution >= 0.6 is 11.6 Å². The number of ether oxygens (including phenoxy) is 1. The molecule has 1 fully saturated rings. The van der Waals surface area contributed by atoms with Crippen LogP contribution in [0.5, 0.6) is 5.75 Å². The minimum absolute atomic E-state index is 0.114. The quantitative estimate of drug-likeness (QED) is 0.685. The molecule has 0 saturated heterocycles. The average Bonchev–Trinajstić information content (AvgIpc) is 2.37. The van der Waals surface area contributed by atoms with Crippen molar-refractivity contribution in [2.24, 2.45) is 11.8 Å². The summed E-state index contributed by atoms with van der Waals surface area (Å²) >= 11 is 6.70. The first-order valence-electron chi connectivity index (χ1n) is 7.65. The molecule has 20 heavy (non-hydrogen) atoms. The lowest BCUT2D eigenvalue weighted by Crippen LogP contribution is -2.39. The van der Waals surface area contributed by atoms with Crippen LogP contribution in [0.25, 0.3) is 0 Å².